The van der Waals surface area contributed by atoms with Crippen molar-refractivity contribution in [2.45, 2.75) is 22.9 Å². The molecule has 0 spiro atoms. The van der Waals surface area contributed by atoms with Crippen LogP contribution in [0.5, 0.6) is 5.75 Å². The van der Waals surface area contributed by atoms with Crippen molar-refractivity contribution in [3.05, 3.63) is 92.1 Å². The highest BCUT2D eigenvalue weighted by Gasteiger charge is 2.46. The first-order valence-electron chi connectivity index (χ1n) is 10.8. The predicted molar refractivity (Wildman–Crippen MR) is 125 cm³/mol. The Bertz CT molecular complexity index is 1400. The molecule has 0 saturated carbocycles. The summed E-state index contributed by atoms with van der Waals surface area (Å²) < 4.78 is 22.8. The minimum absolute atomic E-state index is 0.149. The molecule has 0 radical (unpaired) electrons. The van der Waals surface area contributed by atoms with Gasteiger partial charge in [0.2, 0.25) is 5.43 Å². The Morgan fingerprint density at radius 1 is 1.15 bits per heavy atom. The minimum Gasteiger partial charge on any atom is -0.502 e. The second-order valence-electron chi connectivity index (χ2n) is 8.32. The summed E-state index contributed by atoms with van der Waals surface area (Å²) >= 11 is 8.12. The van der Waals surface area contributed by atoms with E-state index >= 15 is 4.39 Å². The van der Waals surface area contributed by atoms with Gasteiger partial charge in [0.15, 0.2) is 11.4 Å². The van der Waals surface area contributed by atoms with E-state index in [9.17, 15) is 14.7 Å². The van der Waals surface area contributed by atoms with E-state index in [1.165, 1.54) is 34.8 Å². The summed E-state index contributed by atoms with van der Waals surface area (Å²) in [6.45, 7) is 0.777. The number of aromatic hydroxyl groups is 1. The van der Waals surface area contributed by atoms with Crippen LogP contribution >= 0.6 is 23.4 Å². The Balaban J connectivity index is 1.69. The van der Waals surface area contributed by atoms with Gasteiger partial charge in [-0.3, -0.25) is 19.3 Å². The van der Waals surface area contributed by atoms with Crippen LogP contribution in [0.2, 0.25) is 5.02 Å². The zero-order valence-corrected chi connectivity index (χ0v) is 19.4. The fourth-order valence-electron chi connectivity index (χ4n) is 5.02. The summed E-state index contributed by atoms with van der Waals surface area (Å²) in [6.07, 6.45) is 0.854. The number of carbonyl (C=O) groups is 1. The lowest BCUT2D eigenvalue weighted by Gasteiger charge is -2.51. The fourth-order valence-corrected chi connectivity index (χ4v) is 6.47. The third-order valence-electron chi connectivity index (χ3n) is 6.52. The molecule has 10 heteroatoms. The zero-order valence-electron chi connectivity index (χ0n) is 17.8. The van der Waals surface area contributed by atoms with Gasteiger partial charge in [0, 0.05) is 35.0 Å². The first-order chi connectivity index (χ1) is 16.5. The number of ether oxygens (including phenoxy) is 1. The van der Waals surface area contributed by atoms with Gasteiger partial charge in [-0.2, -0.15) is 0 Å². The molecule has 2 atom stereocenters. The van der Waals surface area contributed by atoms with Gasteiger partial charge in [0.1, 0.15) is 18.0 Å². The van der Waals surface area contributed by atoms with E-state index in [1.807, 2.05) is 23.2 Å². The number of carbonyl (C=O) groups excluding carboxylic acids is 1. The number of pyridine rings is 1. The van der Waals surface area contributed by atoms with Gasteiger partial charge in [-0.25, -0.2) is 4.39 Å². The number of rotatable bonds is 1. The van der Waals surface area contributed by atoms with Crippen LogP contribution in [-0.2, 0) is 10.5 Å². The lowest BCUT2D eigenvalue weighted by molar-refractivity contribution is -0.0198. The van der Waals surface area contributed by atoms with E-state index in [1.54, 1.807) is 17.0 Å². The number of thioether (sulfide) groups is 1. The number of fused-ring (bicyclic) bond motifs is 4. The van der Waals surface area contributed by atoms with E-state index in [0.717, 1.165) is 16.0 Å². The minimum atomic E-state index is -0.706. The van der Waals surface area contributed by atoms with E-state index < -0.39 is 29.3 Å². The van der Waals surface area contributed by atoms with E-state index in [2.05, 4.69) is 0 Å². The SMILES string of the molecule is O=C1c2c(O)c(=O)ccn2N([C@@H]2c3cccc(Cl)c3SCc3cccc(F)c32)[C@@H]2COCCN12. The highest BCUT2D eigenvalue weighted by atomic mass is 35.5. The molecule has 1 fully saturated rings. The molecule has 1 aromatic heterocycles. The molecule has 34 heavy (non-hydrogen) atoms. The highest BCUT2D eigenvalue weighted by molar-refractivity contribution is 7.98. The summed E-state index contributed by atoms with van der Waals surface area (Å²) in [5.74, 6) is -0.975. The summed E-state index contributed by atoms with van der Waals surface area (Å²) in [4.78, 5) is 28.0. The molecular formula is C24H19ClFN3O4S. The number of aromatic nitrogens is 1. The lowest BCUT2D eigenvalue weighted by atomic mass is 9.93. The molecule has 0 bridgehead atoms. The molecule has 3 aromatic rings. The summed E-state index contributed by atoms with van der Waals surface area (Å²) in [5, 5.41) is 13.0. The van der Waals surface area contributed by atoms with Crippen molar-refractivity contribution in [2.24, 2.45) is 0 Å². The largest absolute Gasteiger partial charge is 0.502 e. The fraction of sp³-hybridized carbons (Fsp3) is 0.250. The van der Waals surface area contributed by atoms with Crippen molar-refractivity contribution in [3.63, 3.8) is 0 Å². The number of nitrogens with zero attached hydrogens (tertiary/aromatic N) is 3. The average Bonchev–Trinajstić information content (AvgIpc) is 3.00. The Labute approximate surface area is 203 Å². The van der Waals surface area contributed by atoms with E-state index in [0.29, 0.717) is 22.9 Å². The molecule has 3 aliphatic rings. The van der Waals surface area contributed by atoms with E-state index in [-0.39, 0.29) is 24.7 Å². The maximum atomic E-state index is 15.6. The van der Waals surface area contributed by atoms with Crippen molar-refractivity contribution >= 4 is 29.3 Å². The standard InChI is InChI=1S/C24H19ClFN3O4S/c25-15-5-2-4-14-20(19-13(12-34-23(14)15)3-1-6-16(19)26)29-18-11-33-10-9-27(18)24(32)21-22(31)17(30)7-8-28(21)29/h1-8,18,20,31H,9-12H2/t18-,20-/m1/s1. The van der Waals surface area contributed by atoms with Crippen molar-refractivity contribution in [3.8, 4) is 5.75 Å². The van der Waals surface area contributed by atoms with Gasteiger partial charge in [-0.15, -0.1) is 11.8 Å². The smallest absolute Gasteiger partial charge is 0.278 e. The third kappa shape index (κ3) is 3.07. The second-order valence-corrected chi connectivity index (χ2v) is 9.71. The van der Waals surface area contributed by atoms with Gasteiger partial charge < -0.3 is 14.7 Å². The van der Waals surface area contributed by atoms with Crippen LogP contribution in [0.3, 0.4) is 0 Å². The third-order valence-corrected chi connectivity index (χ3v) is 8.15. The molecule has 2 aromatic carbocycles. The lowest BCUT2D eigenvalue weighted by Crippen LogP contribution is -2.66. The molecule has 1 N–H and O–H groups in total. The molecule has 3 aliphatic heterocycles. The van der Waals surface area contributed by atoms with Gasteiger partial charge in [-0.05, 0) is 23.3 Å². The average molecular weight is 500 g/mol. The van der Waals surface area contributed by atoms with Crippen LogP contribution in [0.4, 0.5) is 4.39 Å². The molecule has 7 nitrogen and oxygen atoms in total. The number of benzene rings is 2. The summed E-state index contributed by atoms with van der Waals surface area (Å²) in [6, 6.07) is 11.0. The molecule has 4 heterocycles. The first-order valence-corrected chi connectivity index (χ1v) is 12.1. The normalized spacial score (nSPS) is 21.3. The van der Waals surface area contributed by atoms with Gasteiger partial charge in [0.25, 0.3) is 5.91 Å². The highest BCUT2D eigenvalue weighted by Crippen LogP contribution is 2.47. The van der Waals surface area contributed by atoms with Crippen LogP contribution in [0.15, 0.2) is 58.4 Å². The molecule has 0 unspecified atom stereocenters. The molecule has 6 rings (SSSR count). The maximum Gasteiger partial charge on any atom is 0.278 e. The van der Waals surface area contributed by atoms with Crippen molar-refractivity contribution in [1.29, 1.82) is 0 Å². The van der Waals surface area contributed by atoms with Crippen LogP contribution in [-0.4, -0.2) is 46.5 Å². The number of hydrogen-bond acceptors (Lipinski definition) is 6. The summed E-state index contributed by atoms with van der Waals surface area (Å²) in [5.41, 5.74) is 1.22. The first kappa shape index (κ1) is 21.5. The van der Waals surface area contributed by atoms with Gasteiger partial charge in [0.05, 0.1) is 18.2 Å². The van der Waals surface area contributed by atoms with Crippen LogP contribution < -0.4 is 10.4 Å². The molecule has 1 amide bonds. The number of amides is 1. The number of morpholine rings is 1. The second kappa shape index (κ2) is 8.04. The molecular weight excluding hydrogens is 481 g/mol. The topological polar surface area (TPSA) is 75.0 Å². The summed E-state index contributed by atoms with van der Waals surface area (Å²) in [7, 11) is 0. The molecule has 174 valence electrons. The Kier molecular flexibility index (Phi) is 5.09. The van der Waals surface area contributed by atoms with Crippen molar-refractivity contribution < 1.29 is 19.0 Å². The van der Waals surface area contributed by atoms with Crippen LogP contribution in [0.25, 0.3) is 0 Å². The predicted octanol–water partition coefficient (Wildman–Crippen LogP) is 3.49. The van der Waals surface area contributed by atoms with Crippen molar-refractivity contribution in [1.82, 2.24) is 9.58 Å². The Hall–Kier alpha value is -3.01. The van der Waals surface area contributed by atoms with E-state index in [4.69, 9.17) is 16.3 Å². The monoisotopic (exact) mass is 499 g/mol. The van der Waals surface area contributed by atoms with Crippen LogP contribution in [0, 0.1) is 5.82 Å². The quantitative estimate of drug-likeness (QED) is 0.552. The van der Waals surface area contributed by atoms with Gasteiger partial charge in [-0.1, -0.05) is 35.9 Å². The maximum absolute atomic E-state index is 15.6. The molecule has 1 saturated heterocycles. The number of halogens is 2. The van der Waals surface area contributed by atoms with Gasteiger partial charge >= 0.3 is 0 Å². The zero-order chi connectivity index (χ0) is 23.6. The number of hydrogen-bond donors (Lipinski definition) is 1. The Morgan fingerprint density at radius 2 is 1.97 bits per heavy atom. The Morgan fingerprint density at radius 3 is 2.82 bits per heavy atom. The van der Waals surface area contributed by atoms with Crippen LogP contribution in [0.1, 0.15) is 33.2 Å². The molecule has 0 aliphatic carbocycles. The van der Waals surface area contributed by atoms with Crippen molar-refractivity contribution in [2.75, 3.05) is 24.8 Å².